The Morgan fingerprint density at radius 1 is 1.20 bits per heavy atom. The number of likely N-dealkylation sites (tertiary alicyclic amines) is 1. The standard InChI is InChI=1S/C17H16N2O4S2/c20-16(18-9-3-6-13(18)14-7-4-10-24-14)11-19-17(21)12-5-1-2-8-15(12)25(19,22)23/h1-2,4-5,7-8,10,13H,3,6,9,11H2/t13-/m1/s1. The Labute approximate surface area is 149 Å². The molecule has 0 aliphatic carbocycles. The van der Waals surface area contributed by atoms with Gasteiger partial charge in [-0.05, 0) is 36.4 Å². The lowest BCUT2D eigenvalue weighted by Crippen LogP contribution is -2.42. The van der Waals surface area contributed by atoms with Gasteiger partial charge in [0.2, 0.25) is 5.91 Å². The summed E-state index contributed by atoms with van der Waals surface area (Å²) in [5, 5.41) is 1.96. The number of amides is 2. The predicted octanol–water partition coefficient (Wildman–Crippen LogP) is 2.26. The maximum atomic E-state index is 12.8. The fraction of sp³-hybridized carbons (Fsp3) is 0.294. The van der Waals surface area contributed by atoms with Crippen molar-refractivity contribution in [2.45, 2.75) is 23.8 Å². The molecule has 0 spiro atoms. The number of hydrogen-bond donors (Lipinski definition) is 0. The first kappa shape index (κ1) is 16.3. The van der Waals surface area contributed by atoms with Crippen molar-refractivity contribution in [2.24, 2.45) is 0 Å². The van der Waals surface area contributed by atoms with Crippen LogP contribution in [0.15, 0.2) is 46.7 Å². The highest BCUT2D eigenvalue weighted by molar-refractivity contribution is 7.90. The molecule has 0 bridgehead atoms. The molecule has 25 heavy (non-hydrogen) atoms. The van der Waals surface area contributed by atoms with E-state index in [4.69, 9.17) is 0 Å². The van der Waals surface area contributed by atoms with Crippen LogP contribution in [0.25, 0.3) is 0 Å². The predicted molar refractivity (Wildman–Crippen MR) is 92.7 cm³/mol. The third-order valence-electron chi connectivity index (χ3n) is 4.64. The number of thiophene rings is 1. The van der Waals surface area contributed by atoms with Gasteiger partial charge in [-0.3, -0.25) is 9.59 Å². The van der Waals surface area contributed by atoms with Crippen molar-refractivity contribution in [2.75, 3.05) is 13.1 Å². The zero-order valence-electron chi connectivity index (χ0n) is 13.3. The number of rotatable bonds is 3. The molecular weight excluding hydrogens is 360 g/mol. The van der Waals surface area contributed by atoms with Crippen LogP contribution in [0.3, 0.4) is 0 Å². The van der Waals surface area contributed by atoms with E-state index in [1.807, 2.05) is 17.5 Å². The van der Waals surface area contributed by atoms with Gasteiger partial charge < -0.3 is 4.90 Å². The van der Waals surface area contributed by atoms with Crippen LogP contribution in [0.1, 0.15) is 34.1 Å². The number of nitrogens with zero attached hydrogens (tertiary/aromatic N) is 2. The molecule has 4 rings (SSSR count). The summed E-state index contributed by atoms with van der Waals surface area (Å²) >= 11 is 1.58. The molecule has 0 unspecified atom stereocenters. The summed E-state index contributed by atoms with van der Waals surface area (Å²) in [4.78, 5) is 28.0. The average Bonchev–Trinajstić information content (AvgIpc) is 3.31. The third kappa shape index (κ3) is 2.56. The molecule has 130 valence electrons. The van der Waals surface area contributed by atoms with Crippen LogP contribution in [0.2, 0.25) is 0 Å². The maximum Gasteiger partial charge on any atom is 0.269 e. The van der Waals surface area contributed by atoms with E-state index in [2.05, 4.69) is 0 Å². The van der Waals surface area contributed by atoms with Gasteiger partial charge in [0.25, 0.3) is 15.9 Å². The molecule has 2 aliphatic rings. The van der Waals surface area contributed by atoms with Gasteiger partial charge in [0.1, 0.15) is 11.4 Å². The van der Waals surface area contributed by atoms with E-state index in [1.54, 1.807) is 28.4 Å². The van der Waals surface area contributed by atoms with Gasteiger partial charge in [0, 0.05) is 11.4 Å². The second kappa shape index (κ2) is 5.96. The van der Waals surface area contributed by atoms with Crippen LogP contribution >= 0.6 is 11.3 Å². The number of carbonyl (C=O) groups is 2. The fourth-order valence-corrected chi connectivity index (χ4v) is 5.83. The Balaban J connectivity index is 1.59. The summed E-state index contributed by atoms with van der Waals surface area (Å²) < 4.78 is 25.9. The van der Waals surface area contributed by atoms with E-state index in [9.17, 15) is 18.0 Å². The molecular formula is C17H16N2O4S2. The van der Waals surface area contributed by atoms with Crippen LogP contribution in [-0.4, -0.2) is 42.5 Å². The second-order valence-electron chi connectivity index (χ2n) is 6.07. The van der Waals surface area contributed by atoms with Crippen molar-refractivity contribution >= 4 is 33.2 Å². The summed E-state index contributed by atoms with van der Waals surface area (Å²) in [6.45, 7) is 0.133. The second-order valence-corrected chi connectivity index (χ2v) is 8.88. The summed E-state index contributed by atoms with van der Waals surface area (Å²) in [5.41, 5.74) is 0.131. The number of sulfonamides is 1. The lowest BCUT2D eigenvalue weighted by molar-refractivity contribution is -0.132. The van der Waals surface area contributed by atoms with Crippen LogP contribution in [0, 0.1) is 0 Å². The molecule has 2 aromatic rings. The van der Waals surface area contributed by atoms with Gasteiger partial charge in [-0.2, -0.15) is 0 Å². The molecule has 0 radical (unpaired) electrons. The number of hydrogen-bond acceptors (Lipinski definition) is 5. The van der Waals surface area contributed by atoms with Gasteiger partial charge >= 0.3 is 0 Å². The molecule has 1 fully saturated rings. The minimum absolute atomic E-state index is 0.0240. The van der Waals surface area contributed by atoms with Crippen molar-refractivity contribution in [1.82, 2.24) is 9.21 Å². The molecule has 3 heterocycles. The van der Waals surface area contributed by atoms with Gasteiger partial charge in [-0.1, -0.05) is 18.2 Å². The first-order valence-corrected chi connectivity index (χ1v) is 10.3. The Hall–Kier alpha value is -2.19. The van der Waals surface area contributed by atoms with Crippen LogP contribution < -0.4 is 0 Å². The van der Waals surface area contributed by atoms with Gasteiger partial charge in [-0.25, -0.2) is 12.7 Å². The summed E-state index contributed by atoms with van der Waals surface area (Å²) in [6.07, 6.45) is 1.72. The maximum absolute atomic E-state index is 12.8. The Kier molecular flexibility index (Phi) is 3.88. The molecule has 6 nitrogen and oxygen atoms in total. The van der Waals surface area contributed by atoms with Crippen LogP contribution in [-0.2, 0) is 14.8 Å². The topological polar surface area (TPSA) is 74.8 Å². The van der Waals surface area contributed by atoms with E-state index in [1.165, 1.54) is 12.1 Å². The largest absolute Gasteiger partial charge is 0.333 e. The van der Waals surface area contributed by atoms with Gasteiger partial charge in [0.15, 0.2) is 0 Å². The van der Waals surface area contributed by atoms with E-state index in [-0.39, 0.29) is 22.4 Å². The summed E-state index contributed by atoms with van der Waals surface area (Å²) in [6, 6.07) is 9.95. The van der Waals surface area contributed by atoms with Crippen LogP contribution in [0.5, 0.6) is 0 Å². The normalized spacial score (nSPS) is 21.6. The molecule has 0 N–H and O–H groups in total. The fourth-order valence-electron chi connectivity index (χ4n) is 3.44. The third-order valence-corrected chi connectivity index (χ3v) is 7.40. The molecule has 0 saturated carbocycles. The van der Waals surface area contributed by atoms with E-state index >= 15 is 0 Å². The van der Waals surface area contributed by atoms with Crippen molar-refractivity contribution in [3.05, 3.63) is 52.2 Å². The molecule has 8 heteroatoms. The first-order chi connectivity index (χ1) is 12.0. The van der Waals surface area contributed by atoms with Crippen molar-refractivity contribution < 1.29 is 18.0 Å². The molecule has 1 aromatic heterocycles. The Morgan fingerprint density at radius 3 is 2.72 bits per heavy atom. The zero-order chi connectivity index (χ0) is 17.6. The minimum atomic E-state index is -3.95. The van der Waals surface area contributed by atoms with E-state index < -0.39 is 22.5 Å². The first-order valence-electron chi connectivity index (χ1n) is 7.99. The lowest BCUT2D eigenvalue weighted by Gasteiger charge is -2.26. The molecule has 1 saturated heterocycles. The van der Waals surface area contributed by atoms with Crippen molar-refractivity contribution in [3.8, 4) is 0 Å². The van der Waals surface area contributed by atoms with E-state index in [0.717, 1.165) is 17.7 Å². The average molecular weight is 376 g/mol. The summed E-state index contributed by atoms with van der Waals surface area (Å²) in [5.74, 6) is -0.962. The number of fused-ring (bicyclic) bond motifs is 1. The highest BCUT2D eigenvalue weighted by Crippen LogP contribution is 2.35. The molecule has 1 aromatic carbocycles. The van der Waals surface area contributed by atoms with Crippen LogP contribution in [0.4, 0.5) is 0 Å². The number of carbonyl (C=O) groups excluding carboxylic acids is 2. The highest BCUT2D eigenvalue weighted by atomic mass is 32.2. The number of benzene rings is 1. The molecule has 2 amide bonds. The quantitative estimate of drug-likeness (QED) is 0.823. The molecule has 1 atom stereocenters. The molecule has 2 aliphatic heterocycles. The van der Waals surface area contributed by atoms with Crippen molar-refractivity contribution in [1.29, 1.82) is 0 Å². The van der Waals surface area contributed by atoms with E-state index in [0.29, 0.717) is 10.8 Å². The van der Waals surface area contributed by atoms with Gasteiger partial charge in [0.05, 0.1) is 11.6 Å². The monoisotopic (exact) mass is 376 g/mol. The van der Waals surface area contributed by atoms with Crippen molar-refractivity contribution in [3.63, 3.8) is 0 Å². The smallest absolute Gasteiger partial charge is 0.269 e. The highest BCUT2D eigenvalue weighted by Gasteiger charge is 2.43. The Morgan fingerprint density at radius 2 is 2.00 bits per heavy atom. The van der Waals surface area contributed by atoms with Gasteiger partial charge in [-0.15, -0.1) is 11.3 Å². The lowest BCUT2D eigenvalue weighted by atomic mass is 10.2. The summed E-state index contributed by atoms with van der Waals surface area (Å²) in [7, 11) is -3.95. The SMILES string of the molecule is O=C(CN1C(=O)c2ccccc2S1(=O)=O)N1CCC[C@@H]1c1cccs1. The minimum Gasteiger partial charge on any atom is -0.333 e. The Bertz CT molecular complexity index is 937. The zero-order valence-corrected chi connectivity index (χ0v) is 14.9.